The Kier molecular flexibility index (Phi) is 11.4. The zero-order chi connectivity index (χ0) is 43.7. The maximum atomic E-state index is 14.0. The number of carbonyl (C=O) groups is 4. The molecule has 4 amide bonds. The standard InChI is InChI=1S/C22H22FN3O5.C21H19F2N3O5.CH4/c1-11-2-3-12(16(23)6-11)8-24-21(29)15-9-25-10-17-26(13-4-5-14(7-13)31-17)22(30)18(25)20(28)19(15)27;22-11-2-1-10(15(23)5-11)7-24-20(29)14-8-25-9-16-26(12-3-4-13(6-12)31-16)21(30)17(25)19(28)18(14)27;/h2-3,6,9,13-14,17,28H,4-5,7-8,10H2,1H3,(H,24,29);1-2,5,8,12-13,16,28H,3-4,6-7,9H2,(H,24,29);1H4/t13-,14+,17+;12-,13+,16+;/m11./s1. The second kappa shape index (κ2) is 16.7. The van der Waals surface area contributed by atoms with Crippen LogP contribution in [0.4, 0.5) is 13.2 Å². The molecule has 332 valence electrons. The van der Waals surface area contributed by atoms with E-state index in [0.29, 0.717) is 6.07 Å². The molecule has 6 aliphatic rings. The van der Waals surface area contributed by atoms with Gasteiger partial charge in [-0.2, -0.15) is 0 Å². The molecule has 4 fully saturated rings. The van der Waals surface area contributed by atoms with E-state index in [9.17, 15) is 52.2 Å². The molecule has 19 heteroatoms. The summed E-state index contributed by atoms with van der Waals surface area (Å²) in [6.45, 7) is 1.75. The van der Waals surface area contributed by atoms with Crippen LogP contribution in [0.25, 0.3) is 0 Å². The van der Waals surface area contributed by atoms with Gasteiger partial charge in [0.05, 0.1) is 25.3 Å². The predicted octanol–water partition coefficient (Wildman–Crippen LogP) is 3.80. The minimum atomic E-state index is -0.989. The third-order valence-corrected chi connectivity index (χ3v) is 12.5. The third-order valence-electron chi connectivity index (χ3n) is 12.5. The monoisotopic (exact) mass is 874 g/mol. The molecule has 4 aromatic rings. The second-order valence-electron chi connectivity index (χ2n) is 16.4. The number of ether oxygens (including phenoxy) is 2. The lowest BCUT2D eigenvalue weighted by Gasteiger charge is -2.44. The van der Waals surface area contributed by atoms with Crippen LogP contribution in [-0.4, -0.2) is 89.5 Å². The molecule has 4 bridgehead atoms. The SMILES string of the molecule is C.Cc1ccc(CNC(=O)c2cn3c(c(O)c2=O)C(=O)N2[C@@H]4CC[C@@H](C4)O[C@H]2C3)c(F)c1.O=C(NCc1ccc(F)cc1F)c1cn2c(c(O)c1=O)C(=O)N1[C@@H]3CC[C@@H](C3)O[C@H]1C2. The molecule has 4 aliphatic heterocycles. The molecular weight excluding hydrogens is 830 g/mol. The molecule has 2 aromatic carbocycles. The van der Waals surface area contributed by atoms with Crippen molar-refractivity contribution >= 4 is 23.6 Å². The summed E-state index contributed by atoms with van der Waals surface area (Å²) in [4.78, 5) is 79.8. The van der Waals surface area contributed by atoms with E-state index in [4.69, 9.17) is 9.47 Å². The lowest BCUT2D eigenvalue weighted by molar-refractivity contribution is -0.132. The number of hydrogen-bond acceptors (Lipinski definition) is 10. The number of rotatable bonds is 6. The highest BCUT2D eigenvalue weighted by Crippen LogP contribution is 2.40. The lowest BCUT2D eigenvalue weighted by Crippen LogP contribution is -2.57. The number of halogens is 3. The Morgan fingerprint density at radius 1 is 0.683 bits per heavy atom. The van der Waals surface area contributed by atoms with Crippen molar-refractivity contribution in [3.8, 4) is 11.5 Å². The first-order valence-electron chi connectivity index (χ1n) is 20.3. The van der Waals surface area contributed by atoms with E-state index in [-0.39, 0.29) is 91.5 Å². The minimum absolute atomic E-state index is 0. The van der Waals surface area contributed by atoms with Crippen molar-refractivity contribution in [2.24, 2.45) is 0 Å². The van der Waals surface area contributed by atoms with Crippen molar-refractivity contribution < 1.29 is 52.0 Å². The summed E-state index contributed by atoms with van der Waals surface area (Å²) >= 11 is 0. The van der Waals surface area contributed by atoms with Gasteiger partial charge in [-0.05, 0) is 63.1 Å². The van der Waals surface area contributed by atoms with E-state index in [0.717, 1.165) is 50.2 Å². The van der Waals surface area contributed by atoms with E-state index in [2.05, 4.69) is 10.6 Å². The second-order valence-corrected chi connectivity index (χ2v) is 16.4. The largest absolute Gasteiger partial charge is 0.503 e. The molecular formula is C44H45F3N6O10. The van der Waals surface area contributed by atoms with Gasteiger partial charge in [0, 0.05) is 54.8 Å². The molecule has 6 heterocycles. The Morgan fingerprint density at radius 3 is 1.57 bits per heavy atom. The summed E-state index contributed by atoms with van der Waals surface area (Å²) in [6, 6.07) is 7.61. The van der Waals surface area contributed by atoms with E-state index in [1.54, 1.807) is 28.9 Å². The number of aromatic nitrogens is 2. The number of nitrogens with zero attached hydrogens (tertiary/aromatic N) is 4. The maximum absolute atomic E-state index is 14.0. The molecule has 2 aromatic heterocycles. The van der Waals surface area contributed by atoms with E-state index < -0.39 is 75.9 Å². The van der Waals surface area contributed by atoms with Crippen LogP contribution in [-0.2, 0) is 35.7 Å². The average Bonchev–Trinajstić information content (AvgIpc) is 3.80. The third kappa shape index (κ3) is 7.72. The minimum Gasteiger partial charge on any atom is -0.503 e. The van der Waals surface area contributed by atoms with Crippen LogP contribution in [0.5, 0.6) is 11.5 Å². The summed E-state index contributed by atoms with van der Waals surface area (Å²) in [7, 11) is 0. The molecule has 0 unspecified atom stereocenters. The van der Waals surface area contributed by atoms with Gasteiger partial charge in [0.15, 0.2) is 35.3 Å². The predicted molar refractivity (Wildman–Crippen MR) is 216 cm³/mol. The van der Waals surface area contributed by atoms with Crippen molar-refractivity contribution in [1.82, 2.24) is 29.6 Å². The highest BCUT2D eigenvalue weighted by Gasteiger charge is 2.49. The molecule has 0 radical (unpaired) electrons. The summed E-state index contributed by atoms with van der Waals surface area (Å²) in [5.74, 6) is -6.17. The van der Waals surface area contributed by atoms with Crippen LogP contribution in [0.2, 0.25) is 0 Å². The number of hydrogen-bond donors (Lipinski definition) is 4. The number of pyridine rings is 2. The fourth-order valence-corrected chi connectivity index (χ4v) is 9.43. The van der Waals surface area contributed by atoms with Gasteiger partial charge in [-0.1, -0.05) is 25.6 Å². The first kappa shape index (κ1) is 43.2. The Bertz CT molecular complexity index is 2510. The first-order chi connectivity index (χ1) is 29.7. The number of benzene rings is 2. The van der Waals surface area contributed by atoms with E-state index in [1.165, 1.54) is 33.7 Å². The molecule has 2 saturated carbocycles. The molecule has 2 aliphatic carbocycles. The Labute approximate surface area is 357 Å². The van der Waals surface area contributed by atoms with Gasteiger partial charge in [0.25, 0.3) is 23.6 Å². The maximum Gasteiger partial charge on any atom is 0.276 e. The van der Waals surface area contributed by atoms with Crippen molar-refractivity contribution in [3.63, 3.8) is 0 Å². The fraction of sp³-hybridized carbons (Fsp3) is 0.409. The van der Waals surface area contributed by atoms with Gasteiger partial charge in [-0.15, -0.1) is 0 Å². The number of aromatic hydroxyl groups is 2. The number of nitrogens with one attached hydrogen (secondary N) is 2. The Morgan fingerprint density at radius 2 is 1.13 bits per heavy atom. The van der Waals surface area contributed by atoms with Crippen LogP contribution < -0.4 is 21.5 Å². The molecule has 10 rings (SSSR count). The van der Waals surface area contributed by atoms with Crippen molar-refractivity contribution in [1.29, 1.82) is 0 Å². The average molecular weight is 875 g/mol. The molecule has 0 spiro atoms. The fourth-order valence-electron chi connectivity index (χ4n) is 9.43. The van der Waals surface area contributed by atoms with Crippen LogP contribution in [0, 0.1) is 24.4 Å². The van der Waals surface area contributed by atoms with Crippen LogP contribution >= 0.6 is 0 Å². The highest BCUT2D eigenvalue weighted by molar-refractivity contribution is 6.00. The van der Waals surface area contributed by atoms with E-state index >= 15 is 0 Å². The first-order valence-corrected chi connectivity index (χ1v) is 20.3. The van der Waals surface area contributed by atoms with Gasteiger partial charge in [0.1, 0.15) is 28.6 Å². The normalized spacial score (nSPS) is 23.6. The van der Waals surface area contributed by atoms with Crippen LogP contribution in [0.3, 0.4) is 0 Å². The summed E-state index contributed by atoms with van der Waals surface area (Å²) in [5.41, 5.74) is -1.85. The van der Waals surface area contributed by atoms with Crippen LogP contribution in [0.1, 0.15) is 104 Å². The van der Waals surface area contributed by atoms with Gasteiger partial charge in [0.2, 0.25) is 10.9 Å². The topological polar surface area (TPSA) is 202 Å². The molecule has 2 saturated heterocycles. The smallest absolute Gasteiger partial charge is 0.276 e. The number of carbonyl (C=O) groups excluding carboxylic acids is 4. The highest BCUT2D eigenvalue weighted by atomic mass is 19.1. The van der Waals surface area contributed by atoms with Crippen molar-refractivity contribution in [2.75, 3.05) is 0 Å². The van der Waals surface area contributed by atoms with Crippen molar-refractivity contribution in [2.45, 2.75) is 116 Å². The summed E-state index contributed by atoms with van der Waals surface area (Å²) in [6.07, 6.45) is 6.46. The molecule has 4 N–H and O–H groups in total. The molecule has 16 nitrogen and oxygen atoms in total. The molecule has 6 atom stereocenters. The number of aryl methyl sites for hydroxylation is 1. The Balaban J connectivity index is 0.000000170. The Hall–Kier alpha value is -6.47. The summed E-state index contributed by atoms with van der Waals surface area (Å²) < 4.78 is 55.6. The lowest BCUT2D eigenvalue weighted by atomic mass is 10.1. The van der Waals surface area contributed by atoms with Gasteiger partial charge < -0.3 is 49.3 Å². The quantitative estimate of drug-likeness (QED) is 0.221. The van der Waals surface area contributed by atoms with Crippen molar-refractivity contribution in [3.05, 3.63) is 126 Å². The number of fused-ring (bicyclic) bond motifs is 10. The van der Waals surface area contributed by atoms with Gasteiger partial charge in [-0.25, -0.2) is 13.2 Å². The zero-order valence-electron chi connectivity index (χ0n) is 33.2. The van der Waals surface area contributed by atoms with Gasteiger partial charge >= 0.3 is 0 Å². The zero-order valence-corrected chi connectivity index (χ0v) is 33.2. The number of amides is 4. The van der Waals surface area contributed by atoms with Crippen LogP contribution in [0.15, 0.2) is 58.4 Å². The van der Waals surface area contributed by atoms with Gasteiger partial charge in [-0.3, -0.25) is 28.8 Å². The van der Waals surface area contributed by atoms with E-state index in [1.807, 2.05) is 0 Å². The summed E-state index contributed by atoms with van der Waals surface area (Å²) in [5, 5.41) is 25.9. The molecule has 63 heavy (non-hydrogen) atoms.